The summed E-state index contributed by atoms with van der Waals surface area (Å²) in [5.41, 5.74) is -0.634. The van der Waals surface area contributed by atoms with Crippen molar-refractivity contribution in [3.63, 3.8) is 0 Å². The lowest BCUT2D eigenvalue weighted by Crippen LogP contribution is -2.08. The summed E-state index contributed by atoms with van der Waals surface area (Å²) >= 11 is 5.62. The van der Waals surface area contributed by atoms with Crippen molar-refractivity contribution in [1.29, 1.82) is 0 Å². The van der Waals surface area contributed by atoms with Gasteiger partial charge in [0.2, 0.25) is 0 Å². The third-order valence-corrected chi connectivity index (χ3v) is 3.55. The van der Waals surface area contributed by atoms with Crippen LogP contribution in [0, 0.1) is 6.92 Å². The van der Waals surface area contributed by atoms with E-state index in [9.17, 15) is 13.2 Å². The Morgan fingerprint density at radius 3 is 2.50 bits per heavy atom. The Labute approximate surface area is 143 Å². The Kier molecular flexibility index (Phi) is 5.88. The van der Waals surface area contributed by atoms with Gasteiger partial charge in [-0.1, -0.05) is 24.9 Å². The van der Waals surface area contributed by atoms with Crippen LogP contribution >= 0.6 is 11.6 Å². The van der Waals surface area contributed by atoms with Crippen LogP contribution < -0.4 is 10.6 Å². The maximum atomic E-state index is 12.9. The number of hydrogen-bond acceptors (Lipinski definition) is 4. The van der Waals surface area contributed by atoms with Crippen LogP contribution in [0.1, 0.15) is 31.2 Å². The van der Waals surface area contributed by atoms with Crippen LogP contribution in [0.15, 0.2) is 24.3 Å². The van der Waals surface area contributed by atoms with Crippen molar-refractivity contribution in [2.75, 3.05) is 17.2 Å². The van der Waals surface area contributed by atoms with Crippen LogP contribution in [-0.4, -0.2) is 16.5 Å². The molecule has 130 valence electrons. The second-order valence-corrected chi connectivity index (χ2v) is 5.69. The van der Waals surface area contributed by atoms with Crippen molar-refractivity contribution < 1.29 is 13.2 Å². The Bertz CT molecular complexity index is 704. The van der Waals surface area contributed by atoms with Gasteiger partial charge in [-0.15, -0.1) is 0 Å². The third kappa shape index (κ3) is 4.99. The van der Waals surface area contributed by atoms with Gasteiger partial charge in [-0.3, -0.25) is 0 Å². The number of rotatable bonds is 6. The average molecular weight is 359 g/mol. The molecular weight excluding hydrogens is 341 g/mol. The molecule has 4 nitrogen and oxygen atoms in total. The number of alkyl halides is 3. The topological polar surface area (TPSA) is 49.8 Å². The first-order valence-corrected chi connectivity index (χ1v) is 7.90. The Hall–Kier alpha value is -2.02. The summed E-state index contributed by atoms with van der Waals surface area (Å²) in [6.07, 6.45) is -2.46. The number of aromatic nitrogens is 2. The molecule has 24 heavy (non-hydrogen) atoms. The van der Waals surface area contributed by atoms with Crippen LogP contribution in [0.2, 0.25) is 5.02 Å². The second-order valence-electron chi connectivity index (χ2n) is 5.28. The van der Waals surface area contributed by atoms with Gasteiger partial charge in [-0.25, -0.2) is 9.97 Å². The first-order valence-electron chi connectivity index (χ1n) is 7.53. The minimum Gasteiger partial charge on any atom is -0.370 e. The van der Waals surface area contributed by atoms with Crippen LogP contribution in [0.4, 0.5) is 30.5 Å². The fourth-order valence-corrected chi connectivity index (χ4v) is 2.31. The number of nitrogens with zero attached hydrogens (tertiary/aromatic N) is 2. The van der Waals surface area contributed by atoms with Crippen molar-refractivity contribution in [3.8, 4) is 0 Å². The molecule has 0 atom stereocenters. The van der Waals surface area contributed by atoms with Crippen molar-refractivity contribution in [1.82, 2.24) is 9.97 Å². The van der Waals surface area contributed by atoms with Gasteiger partial charge in [0.25, 0.3) is 0 Å². The lowest BCUT2D eigenvalue weighted by Gasteiger charge is -2.13. The molecule has 0 aliphatic heterocycles. The molecule has 0 bridgehead atoms. The Morgan fingerprint density at radius 2 is 1.83 bits per heavy atom. The summed E-state index contributed by atoms with van der Waals surface area (Å²) in [5.74, 6) is 1.56. The van der Waals surface area contributed by atoms with Crippen molar-refractivity contribution in [2.24, 2.45) is 0 Å². The molecule has 2 N–H and O–H groups in total. The maximum absolute atomic E-state index is 12.9. The van der Waals surface area contributed by atoms with Gasteiger partial charge in [0.15, 0.2) is 0 Å². The first-order chi connectivity index (χ1) is 11.3. The van der Waals surface area contributed by atoms with E-state index in [1.807, 2.05) is 0 Å². The van der Waals surface area contributed by atoms with Gasteiger partial charge >= 0.3 is 6.18 Å². The molecule has 0 unspecified atom stereocenters. The highest BCUT2D eigenvalue weighted by molar-refractivity contribution is 6.31. The number of hydrogen-bond donors (Lipinski definition) is 2. The van der Waals surface area contributed by atoms with E-state index in [0.717, 1.165) is 25.5 Å². The zero-order valence-corrected chi connectivity index (χ0v) is 14.1. The number of benzene rings is 1. The molecule has 2 aromatic rings. The predicted octanol–water partition coefficient (Wildman–Crippen LogP) is 5.41. The van der Waals surface area contributed by atoms with Gasteiger partial charge in [0.05, 0.1) is 10.6 Å². The molecule has 0 saturated carbocycles. The fraction of sp³-hybridized carbons (Fsp3) is 0.375. The number of aryl methyl sites for hydroxylation is 1. The summed E-state index contributed by atoms with van der Waals surface area (Å²) in [4.78, 5) is 8.45. The average Bonchev–Trinajstić information content (AvgIpc) is 2.48. The van der Waals surface area contributed by atoms with E-state index in [4.69, 9.17) is 11.6 Å². The minimum atomic E-state index is -4.51. The van der Waals surface area contributed by atoms with Gasteiger partial charge < -0.3 is 10.6 Å². The molecule has 1 heterocycles. The largest absolute Gasteiger partial charge is 0.417 e. The lowest BCUT2D eigenvalue weighted by atomic mass is 10.2. The monoisotopic (exact) mass is 358 g/mol. The van der Waals surface area contributed by atoms with Crippen LogP contribution in [-0.2, 0) is 6.18 Å². The summed E-state index contributed by atoms with van der Waals surface area (Å²) < 4.78 is 38.8. The zero-order chi connectivity index (χ0) is 17.7. The lowest BCUT2D eigenvalue weighted by molar-refractivity contribution is -0.137. The van der Waals surface area contributed by atoms with E-state index < -0.39 is 11.7 Å². The van der Waals surface area contributed by atoms with Crippen molar-refractivity contribution in [2.45, 2.75) is 32.9 Å². The van der Waals surface area contributed by atoms with E-state index in [1.54, 1.807) is 13.0 Å². The molecule has 0 saturated heterocycles. The third-order valence-electron chi connectivity index (χ3n) is 3.22. The molecule has 0 fully saturated rings. The van der Waals surface area contributed by atoms with E-state index >= 15 is 0 Å². The first kappa shape index (κ1) is 18.3. The summed E-state index contributed by atoms with van der Waals surface area (Å²) in [6.45, 7) is 4.57. The highest BCUT2D eigenvalue weighted by Gasteiger charge is 2.33. The fourth-order valence-electron chi connectivity index (χ4n) is 2.08. The van der Waals surface area contributed by atoms with Crippen molar-refractivity contribution in [3.05, 3.63) is 40.7 Å². The minimum absolute atomic E-state index is 0.254. The Balaban J connectivity index is 2.22. The number of nitrogens with one attached hydrogen (secondary N) is 2. The smallest absolute Gasteiger partial charge is 0.370 e. The summed E-state index contributed by atoms with van der Waals surface area (Å²) in [6, 6.07) is 5.30. The number of halogens is 4. The summed E-state index contributed by atoms with van der Waals surface area (Å²) in [7, 11) is 0. The molecule has 0 amide bonds. The van der Waals surface area contributed by atoms with E-state index in [1.165, 1.54) is 12.1 Å². The maximum Gasteiger partial charge on any atom is 0.417 e. The second kappa shape index (κ2) is 7.70. The van der Waals surface area contributed by atoms with Gasteiger partial charge in [0.1, 0.15) is 17.5 Å². The van der Waals surface area contributed by atoms with E-state index in [-0.39, 0.29) is 10.7 Å². The molecule has 1 aromatic heterocycles. The summed E-state index contributed by atoms with van der Waals surface area (Å²) in [5, 5.41) is 5.69. The van der Waals surface area contributed by atoms with Crippen LogP contribution in [0.25, 0.3) is 0 Å². The predicted molar refractivity (Wildman–Crippen MR) is 89.9 cm³/mol. The van der Waals surface area contributed by atoms with Gasteiger partial charge in [-0.2, -0.15) is 13.2 Å². The van der Waals surface area contributed by atoms with Crippen LogP contribution in [0.3, 0.4) is 0 Å². The SMILES string of the molecule is CCCCNc1cc(Nc2ccc(Cl)c(C(F)(F)F)c2)nc(C)n1. The highest BCUT2D eigenvalue weighted by Crippen LogP contribution is 2.36. The molecule has 0 aliphatic carbocycles. The highest BCUT2D eigenvalue weighted by atomic mass is 35.5. The molecule has 1 aromatic carbocycles. The molecule has 2 rings (SSSR count). The van der Waals surface area contributed by atoms with Gasteiger partial charge in [0, 0.05) is 18.3 Å². The number of unbranched alkanes of at least 4 members (excludes halogenated alkanes) is 1. The molecule has 0 aliphatic rings. The van der Waals surface area contributed by atoms with E-state index in [2.05, 4.69) is 27.5 Å². The standard InChI is InChI=1S/C16H18ClF3N4/c1-3-4-7-21-14-9-15(23-10(2)22-14)24-11-5-6-13(17)12(8-11)16(18,19)20/h5-6,8-9H,3-4,7H2,1-2H3,(H2,21,22,23,24). The normalized spacial score (nSPS) is 11.4. The molecular formula is C16H18ClF3N4. The van der Waals surface area contributed by atoms with Gasteiger partial charge in [-0.05, 0) is 31.5 Å². The zero-order valence-electron chi connectivity index (χ0n) is 13.3. The van der Waals surface area contributed by atoms with Crippen molar-refractivity contribution >= 4 is 28.9 Å². The Morgan fingerprint density at radius 1 is 1.12 bits per heavy atom. The molecule has 8 heteroatoms. The molecule has 0 radical (unpaired) electrons. The quantitative estimate of drug-likeness (QED) is 0.677. The van der Waals surface area contributed by atoms with Crippen LogP contribution in [0.5, 0.6) is 0 Å². The van der Waals surface area contributed by atoms with E-state index in [0.29, 0.717) is 17.5 Å². The molecule has 0 spiro atoms. The number of anilines is 3.